The summed E-state index contributed by atoms with van der Waals surface area (Å²) < 4.78 is 11.0. The highest BCUT2D eigenvalue weighted by atomic mass is 16.5. The van der Waals surface area contributed by atoms with Gasteiger partial charge in [-0.15, -0.1) is 0 Å². The molecule has 1 fully saturated rings. The molecule has 6 nitrogen and oxygen atoms in total. The van der Waals surface area contributed by atoms with Gasteiger partial charge in [0.15, 0.2) is 11.5 Å². The number of nitrogens with zero attached hydrogens (tertiary/aromatic N) is 2. The monoisotopic (exact) mass is 391 g/mol. The number of ketones is 1. The van der Waals surface area contributed by atoms with Crippen molar-refractivity contribution in [1.29, 1.82) is 0 Å². The van der Waals surface area contributed by atoms with Crippen LogP contribution < -0.4 is 10.2 Å². The maximum absolute atomic E-state index is 13.4. The van der Waals surface area contributed by atoms with Gasteiger partial charge in [-0.05, 0) is 24.8 Å². The third kappa shape index (κ3) is 2.90. The number of carbonyl (C=O) groups is 1. The maximum atomic E-state index is 13.4. The fraction of sp³-hybridized carbons (Fsp3) is 0.391. The van der Waals surface area contributed by atoms with E-state index in [0.717, 1.165) is 59.7 Å². The van der Waals surface area contributed by atoms with Gasteiger partial charge < -0.3 is 19.5 Å². The Morgan fingerprint density at radius 2 is 2.00 bits per heavy atom. The quantitative estimate of drug-likeness (QED) is 0.511. The van der Waals surface area contributed by atoms with Gasteiger partial charge in [0.2, 0.25) is 0 Å². The van der Waals surface area contributed by atoms with Crippen LogP contribution in [0.2, 0.25) is 0 Å². The normalized spacial score (nSPS) is 16.3. The highest BCUT2D eigenvalue weighted by molar-refractivity contribution is 6.28. The van der Waals surface area contributed by atoms with Crippen molar-refractivity contribution < 1.29 is 14.1 Å². The molecule has 0 radical (unpaired) electrons. The summed E-state index contributed by atoms with van der Waals surface area (Å²) in [4.78, 5) is 15.8. The molecule has 1 N–H and O–H groups in total. The molecular weight excluding hydrogens is 366 g/mol. The predicted octanol–water partition coefficient (Wildman–Crippen LogP) is 4.33. The summed E-state index contributed by atoms with van der Waals surface area (Å²) in [6.45, 7) is 5.46. The molecule has 3 aromatic rings. The van der Waals surface area contributed by atoms with Gasteiger partial charge in [0, 0.05) is 43.6 Å². The standard InChI is InChI=1S/C23H25N3O3/c1-14-7-10-26(11-8-14)18-13-17(24-9-12-28-2)19-20-21(18)25-29-23(20)16-6-4-3-5-15(16)22(19)27/h3-6,13-14,24H,7-12H2,1-2H3. The summed E-state index contributed by atoms with van der Waals surface area (Å²) >= 11 is 0. The molecule has 150 valence electrons. The molecule has 5 rings (SSSR count). The number of rotatable bonds is 5. The average Bonchev–Trinajstić information content (AvgIpc) is 3.18. The van der Waals surface area contributed by atoms with Crippen molar-refractivity contribution in [3.8, 4) is 11.3 Å². The number of anilines is 2. The van der Waals surface area contributed by atoms with Crippen molar-refractivity contribution in [3.63, 3.8) is 0 Å². The number of nitrogens with one attached hydrogen (secondary N) is 1. The number of methoxy groups -OCH3 is 1. The number of hydrogen-bond donors (Lipinski definition) is 1. The molecule has 1 aliphatic carbocycles. The molecule has 0 saturated carbocycles. The van der Waals surface area contributed by atoms with Crippen LogP contribution in [0, 0.1) is 5.92 Å². The Hall–Kier alpha value is -2.86. The number of aromatic nitrogens is 1. The molecule has 6 heteroatoms. The van der Waals surface area contributed by atoms with Gasteiger partial charge >= 0.3 is 0 Å². The first-order chi connectivity index (χ1) is 14.2. The summed E-state index contributed by atoms with van der Waals surface area (Å²) in [5, 5.41) is 8.67. The van der Waals surface area contributed by atoms with Crippen molar-refractivity contribution in [2.75, 3.05) is 43.6 Å². The average molecular weight is 391 g/mol. The number of carbonyl (C=O) groups excluding carboxylic acids is 1. The fourth-order valence-corrected chi connectivity index (χ4v) is 4.46. The third-order valence-electron chi connectivity index (χ3n) is 6.12. The number of ether oxygens (including phenoxy) is 1. The number of hydrogen-bond acceptors (Lipinski definition) is 6. The third-order valence-corrected chi connectivity index (χ3v) is 6.12. The molecule has 0 amide bonds. The van der Waals surface area contributed by atoms with E-state index in [1.807, 2.05) is 24.3 Å². The second-order valence-corrected chi connectivity index (χ2v) is 8.02. The first-order valence-corrected chi connectivity index (χ1v) is 10.3. The zero-order valence-electron chi connectivity index (χ0n) is 16.8. The molecule has 1 saturated heterocycles. The van der Waals surface area contributed by atoms with Crippen LogP contribution in [0.3, 0.4) is 0 Å². The summed E-state index contributed by atoms with van der Waals surface area (Å²) in [5.41, 5.74) is 4.78. The first-order valence-electron chi connectivity index (χ1n) is 10.3. The van der Waals surface area contributed by atoms with E-state index in [4.69, 9.17) is 9.26 Å². The van der Waals surface area contributed by atoms with Crippen LogP contribution in [0.25, 0.3) is 22.2 Å². The first kappa shape index (κ1) is 18.2. The second kappa shape index (κ2) is 7.19. The van der Waals surface area contributed by atoms with Crippen molar-refractivity contribution in [1.82, 2.24) is 5.16 Å². The minimum atomic E-state index is 0.0139. The summed E-state index contributed by atoms with van der Waals surface area (Å²) in [7, 11) is 1.68. The van der Waals surface area contributed by atoms with Gasteiger partial charge in [0.1, 0.15) is 5.52 Å². The minimum absolute atomic E-state index is 0.0139. The SMILES string of the molecule is COCCNc1cc(N2CCC(C)CC2)c2noc3c2c1C(=O)c1ccccc1-3. The van der Waals surface area contributed by atoms with Crippen molar-refractivity contribution in [2.45, 2.75) is 19.8 Å². The van der Waals surface area contributed by atoms with Crippen LogP contribution in [-0.2, 0) is 4.74 Å². The van der Waals surface area contributed by atoms with Crippen molar-refractivity contribution in [3.05, 3.63) is 41.5 Å². The lowest BCUT2D eigenvalue weighted by atomic mass is 9.86. The predicted molar refractivity (Wildman–Crippen MR) is 114 cm³/mol. The van der Waals surface area contributed by atoms with Crippen LogP contribution in [-0.4, -0.2) is 44.3 Å². The van der Waals surface area contributed by atoms with E-state index in [1.165, 1.54) is 0 Å². The molecule has 0 unspecified atom stereocenters. The van der Waals surface area contributed by atoms with Crippen LogP contribution in [0.5, 0.6) is 0 Å². The lowest BCUT2D eigenvalue weighted by Gasteiger charge is -2.33. The van der Waals surface area contributed by atoms with Gasteiger partial charge in [-0.25, -0.2) is 0 Å². The van der Waals surface area contributed by atoms with E-state index in [1.54, 1.807) is 7.11 Å². The molecule has 2 aromatic carbocycles. The van der Waals surface area contributed by atoms with Gasteiger partial charge in [0.25, 0.3) is 0 Å². The van der Waals surface area contributed by atoms with Crippen molar-refractivity contribution in [2.24, 2.45) is 5.92 Å². The molecule has 0 spiro atoms. The minimum Gasteiger partial charge on any atom is -0.383 e. The molecule has 0 atom stereocenters. The van der Waals surface area contributed by atoms with E-state index in [0.29, 0.717) is 30.0 Å². The smallest absolute Gasteiger partial charge is 0.196 e. The van der Waals surface area contributed by atoms with Crippen LogP contribution >= 0.6 is 0 Å². The van der Waals surface area contributed by atoms with Crippen LogP contribution in [0.15, 0.2) is 34.9 Å². The molecule has 29 heavy (non-hydrogen) atoms. The lowest BCUT2D eigenvalue weighted by Crippen LogP contribution is -2.33. The van der Waals surface area contributed by atoms with E-state index in [-0.39, 0.29) is 5.78 Å². The summed E-state index contributed by atoms with van der Waals surface area (Å²) in [6, 6.07) is 9.67. The van der Waals surface area contributed by atoms with E-state index in [2.05, 4.69) is 28.4 Å². The topological polar surface area (TPSA) is 67.6 Å². The Morgan fingerprint density at radius 1 is 1.24 bits per heavy atom. The maximum Gasteiger partial charge on any atom is 0.196 e. The second-order valence-electron chi connectivity index (χ2n) is 8.02. The number of piperidine rings is 1. The van der Waals surface area contributed by atoms with Crippen molar-refractivity contribution >= 4 is 28.1 Å². The van der Waals surface area contributed by atoms with E-state index in [9.17, 15) is 4.79 Å². The molecule has 2 heterocycles. The largest absolute Gasteiger partial charge is 0.383 e. The Labute approximate surface area is 169 Å². The Balaban J connectivity index is 1.71. The van der Waals surface area contributed by atoms with E-state index >= 15 is 0 Å². The molecule has 0 bridgehead atoms. The zero-order chi connectivity index (χ0) is 20.0. The van der Waals surface area contributed by atoms with Gasteiger partial charge in [-0.2, -0.15) is 0 Å². The number of fused-ring (bicyclic) bond motifs is 2. The van der Waals surface area contributed by atoms with Crippen LogP contribution in [0.1, 0.15) is 35.7 Å². The lowest BCUT2D eigenvalue weighted by molar-refractivity contribution is 0.104. The van der Waals surface area contributed by atoms with Gasteiger partial charge in [0.05, 0.1) is 23.2 Å². The summed E-state index contributed by atoms with van der Waals surface area (Å²) in [6.07, 6.45) is 2.31. The fourth-order valence-electron chi connectivity index (χ4n) is 4.46. The van der Waals surface area contributed by atoms with Gasteiger partial charge in [-0.1, -0.05) is 36.3 Å². The Morgan fingerprint density at radius 3 is 2.76 bits per heavy atom. The highest BCUT2D eigenvalue weighted by Crippen LogP contribution is 2.46. The molecule has 1 aliphatic heterocycles. The molecular formula is C23H25N3O3. The molecule has 1 aromatic heterocycles. The molecule has 2 aliphatic rings. The zero-order valence-corrected chi connectivity index (χ0v) is 16.8. The Kier molecular flexibility index (Phi) is 4.51. The summed E-state index contributed by atoms with van der Waals surface area (Å²) in [5.74, 6) is 1.44. The van der Waals surface area contributed by atoms with Gasteiger partial charge in [-0.3, -0.25) is 4.79 Å². The highest BCUT2D eigenvalue weighted by Gasteiger charge is 2.33. The van der Waals surface area contributed by atoms with Crippen LogP contribution in [0.4, 0.5) is 11.4 Å². The Bertz CT molecular complexity index is 1080. The number of benzene rings is 2. The van der Waals surface area contributed by atoms with E-state index < -0.39 is 0 Å².